The lowest BCUT2D eigenvalue weighted by Gasteiger charge is -2.07. The number of aliphatic imine (C=N–C) groups is 1. The molecule has 78 valence electrons. The van der Waals surface area contributed by atoms with Crippen LogP contribution in [0.4, 0.5) is 14.5 Å². The molecule has 0 spiro atoms. The average Bonchev–Trinajstić information content (AvgIpc) is 2.18. The van der Waals surface area contributed by atoms with Gasteiger partial charge in [0.1, 0.15) is 0 Å². The highest BCUT2D eigenvalue weighted by Crippen LogP contribution is 2.29. The van der Waals surface area contributed by atoms with Crippen molar-refractivity contribution in [3.05, 3.63) is 39.9 Å². The van der Waals surface area contributed by atoms with E-state index < -0.39 is 16.5 Å². The molecule has 0 aliphatic carbocycles. The second-order valence-electron chi connectivity index (χ2n) is 2.55. The highest BCUT2D eigenvalue weighted by molar-refractivity contribution is 5.38. The second kappa shape index (κ2) is 3.93. The molecule has 5 nitrogen and oxygen atoms in total. The number of nitro groups is 1. The zero-order chi connectivity index (χ0) is 11.5. The van der Waals surface area contributed by atoms with Crippen LogP contribution in [0.3, 0.4) is 0 Å². The predicted molar refractivity (Wildman–Crippen MR) is 45.1 cm³/mol. The summed E-state index contributed by atoms with van der Waals surface area (Å²) in [5, 5.41) is 10.2. The van der Waals surface area contributed by atoms with Crippen molar-refractivity contribution in [2.75, 3.05) is 0 Å². The number of carbonyl (C=O) groups excluding carboxylic acids is 1. The van der Waals surface area contributed by atoms with Crippen molar-refractivity contribution in [3.63, 3.8) is 0 Å². The molecule has 0 aliphatic heterocycles. The molecule has 1 aromatic rings. The summed E-state index contributed by atoms with van der Waals surface area (Å²) in [6.45, 7) is 0. The summed E-state index contributed by atoms with van der Waals surface area (Å²) in [5.41, 5.74) is -0.916. The van der Waals surface area contributed by atoms with Gasteiger partial charge >= 0.3 is 6.05 Å². The summed E-state index contributed by atoms with van der Waals surface area (Å²) < 4.78 is 25.8. The van der Waals surface area contributed by atoms with E-state index in [1.54, 1.807) is 0 Å². The molecule has 0 amide bonds. The van der Waals surface area contributed by atoms with Gasteiger partial charge in [-0.25, -0.2) is 4.79 Å². The Kier molecular flexibility index (Phi) is 2.87. The molecule has 0 fully saturated rings. The van der Waals surface area contributed by atoms with Crippen molar-refractivity contribution >= 4 is 11.8 Å². The van der Waals surface area contributed by atoms with Crippen LogP contribution in [0.15, 0.2) is 29.3 Å². The largest absolute Gasteiger partial charge is 0.379 e. The number of nitro benzene ring substituents is 1. The van der Waals surface area contributed by atoms with Crippen molar-refractivity contribution < 1.29 is 18.5 Å². The van der Waals surface area contributed by atoms with Crippen LogP contribution in [-0.4, -0.2) is 11.0 Å². The molecule has 0 atom stereocenters. The minimum atomic E-state index is -3.70. The van der Waals surface area contributed by atoms with E-state index in [2.05, 4.69) is 4.99 Å². The van der Waals surface area contributed by atoms with Crippen LogP contribution in [-0.2, 0) is 10.8 Å². The first-order valence-corrected chi connectivity index (χ1v) is 3.69. The quantitative estimate of drug-likeness (QED) is 0.254. The lowest BCUT2D eigenvalue weighted by molar-refractivity contribution is -0.384. The first-order chi connectivity index (χ1) is 6.97. The minimum Gasteiger partial charge on any atom is -0.258 e. The summed E-state index contributed by atoms with van der Waals surface area (Å²) in [7, 11) is 0. The SMILES string of the molecule is O=C=NC(F)(F)c1ccc([N+](=O)[O-])cc1. The van der Waals surface area contributed by atoms with Crippen molar-refractivity contribution in [1.82, 2.24) is 0 Å². The van der Waals surface area contributed by atoms with Crippen LogP contribution < -0.4 is 0 Å². The number of rotatable bonds is 3. The molecule has 1 aromatic carbocycles. The number of halogens is 2. The molecule has 0 aromatic heterocycles. The fraction of sp³-hybridized carbons (Fsp3) is 0.125. The Bertz CT molecular complexity index is 424. The summed E-state index contributed by atoms with van der Waals surface area (Å²) >= 11 is 0. The number of alkyl halides is 2. The first kappa shape index (κ1) is 10.9. The molecular weight excluding hydrogens is 210 g/mol. The van der Waals surface area contributed by atoms with Gasteiger partial charge in [0.15, 0.2) is 0 Å². The molecule has 0 radical (unpaired) electrons. The van der Waals surface area contributed by atoms with Crippen LogP contribution in [0.5, 0.6) is 0 Å². The standard InChI is InChI=1S/C8H4F2N2O3/c9-8(10,11-5-13)6-1-3-7(4-2-6)12(14)15/h1-4H. The normalized spacial score (nSPS) is 10.5. The maximum absolute atomic E-state index is 12.9. The monoisotopic (exact) mass is 214 g/mol. The zero-order valence-corrected chi connectivity index (χ0v) is 7.18. The molecule has 0 saturated heterocycles. The lowest BCUT2D eigenvalue weighted by Crippen LogP contribution is -2.09. The van der Waals surface area contributed by atoms with Gasteiger partial charge < -0.3 is 0 Å². The van der Waals surface area contributed by atoms with Gasteiger partial charge in [-0.15, -0.1) is 4.99 Å². The van der Waals surface area contributed by atoms with Crippen LogP contribution in [0, 0.1) is 10.1 Å². The third-order valence-electron chi connectivity index (χ3n) is 1.61. The topological polar surface area (TPSA) is 72.6 Å². The molecule has 0 heterocycles. The number of non-ortho nitro benzene ring substituents is 1. The van der Waals surface area contributed by atoms with Crippen LogP contribution in [0.1, 0.15) is 5.56 Å². The molecule has 0 unspecified atom stereocenters. The molecule has 0 aliphatic rings. The summed E-state index contributed by atoms with van der Waals surface area (Å²) in [6, 6.07) is -0.220. The third kappa shape index (κ3) is 2.41. The third-order valence-corrected chi connectivity index (χ3v) is 1.61. The highest BCUT2D eigenvalue weighted by Gasteiger charge is 2.31. The van der Waals surface area contributed by atoms with Crippen LogP contribution in [0.25, 0.3) is 0 Å². The van der Waals surface area contributed by atoms with E-state index in [9.17, 15) is 23.7 Å². The summed E-state index contributed by atoms with van der Waals surface area (Å²) in [6.07, 6.45) is 0.735. The van der Waals surface area contributed by atoms with Gasteiger partial charge in [0.25, 0.3) is 5.69 Å². The van der Waals surface area contributed by atoms with Crippen molar-refractivity contribution in [3.8, 4) is 0 Å². The van der Waals surface area contributed by atoms with E-state index in [1.165, 1.54) is 0 Å². The fourth-order valence-corrected chi connectivity index (χ4v) is 0.906. The van der Waals surface area contributed by atoms with Gasteiger partial charge in [0.05, 0.1) is 4.92 Å². The number of hydrogen-bond acceptors (Lipinski definition) is 4. The molecule has 7 heteroatoms. The van der Waals surface area contributed by atoms with Gasteiger partial charge in [0.2, 0.25) is 6.08 Å². The highest BCUT2D eigenvalue weighted by atomic mass is 19.3. The second-order valence-corrected chi connectivity index (χ2v) is 2.55. The maximum Gasteiger partial charge on any atom is 0.379 e. The van der Waals surface area contributed by atoms with Crippen molar-refractivity contribution in [2.45, 2.75) is 6.05 Å². The molecule has 0 bridgehead atoms. The van der Waals surface area contributed by atoms with Crippen molar-refractivity contribution in [2.24, 2.45) is 4.99 Å². The molecule has 0 N–H and O–H groups in total. The predicted octanol–water partition coefficient (Wildman–Crippen LogP) is 1.98. The number of benzene rings is 1. The van der Waals surface area contributed by atoms with Gasteiger partial charge in [-0.05, 0) is 12.1 Å². The van der Waals surface area contributed by atoms with E-state index >= 15 is 0 Å². The van der Waals surface area contributed by atoms with Crippen LogP contribution in [0.2, 0.25) is 0 Å². The summed E-state index contributed by atoms with van der Waals surface area (Å²) in [5.74, 6) is 0. The van der Waals surface area contributed by atoms with E-state index in [1.807, 2.05) is 0 Å². The van der Waals surface area contributed by atoms with Gasteiger partial charge in [0, 0.05) is 17.7 Å². The molecule has 1 rings (SSSR count). The Morgan fingerprint density at radius 2 is 1.87 bits per heavy atom. The van der Waals surface area contributed by atoms with E-state index in [0.717, 1.165) is 30.3 Å². The zero-order valence-electron chi connectivity index (χ0n) is 7.18. The fourth-order valence-electron chi connectivity index (χ4n) is 0.906. The van der Waals surface area contributed by atoms with E-state index in [4.69, 9.17) is 0 Å². The number of isocyanates is 1. The van der Waals surface area contributed by atoms with Gasteiger partial charge in [-0.2, -0.15) is 8.78 Å². The summed E-state index contributed by atoms with van der Waals surface area (Å²) in [4.78, 5) is 21.5. The number of nitrogens with zero attached hydrogens (tertiary/aromatic N) is 2. The minimum absolute atomic E-state index is 0.315. The lowest BCUT2D eigenvalue weighted by atomic mass is 10.2. The Labute approximate surface area is 82.2 Å². The molecule has 15 heavy (non-hydrogen) atoms. The Balaban J connectivity index is 3.08. The van der Waals surface area contributed by atoms with E-state index in [0.29, 0.717) is 0 Å². The molecular formula is C8H4F2N2O3. The molecule has 0 saturated carbocycles. The Morgan fingerprint density at radius 1 is 1.33 bits per heavy atom. The Morgan fingerprint density at radius 3 is 2.27 bits per heavy atom. The van der Waals surface area contributed by atoms with Crippen molar-refractivity contribution in [1.29, 1.82) is 0 Å². The van der Waals surface area contributed by atoms with Gasteiger partial charge in [-0.1, -0.05) is 0 Å². The van der Waals surface area contributed by atoms with Crippen LogP contribution >= 0.6 is 0 Å². The smallest absolute Gasteiger partial charge is 0.258 e. The maximum atomic E-state index is 12.9. The number of hydrogen-bond donors (Lipinski definition) is 0. The Hall–Kier alpha value is -2.14. The average molecular weight is 214 g/mol. The van der Waals surface area contributed by atoms with E-state index in [-0.39, 0.29) is 5.69 Å². The van der Waals surface area contributed by atoms with Gasteiger partial charge in [-0.3, -0.25) is 10.1 Å². The first-order valence-electron chi connectivity index (χ1n) is 3.69.